The highest BCUT2D eigenvalue weighted by Gasteiger charge is 2.44. The Kier molecular flexibility index (Phi) is 3.38. The van der Waals surface area contributed by atoms with Gasteiger partial charge in [0.05, 0.1) is 6.07 Å². The number of nitrogens with one attached hydrogen (secondary N) is 1. The van der Waals surface area contributed by atoms with Gasteiger partial charge in [-0.15, -0.1) is 0 Å². The summed E-state index contributed by atoms with van der Waals surface area (Å²) in [4.78, 5) is 12.1. The van der Waals surface area contributed by atoms with Gasteiger partial charge in [0.1, 0.15) is 5.41 Å². The SMILES string of the molecule is CCc1ccc(NC(=O)C2(C#N)CCC2)cc1C. The molecule has 2 rings (SSSR count). The van der Waals surface area contributed by atoms with E-state index in [0.717, 1.165) is 18.5 Å². The second-order valence-electron chi connectivity index (χ2n) is 5.00. The van der Waals surface area contributed by atoms with Crippen LogP contribution in [0.5, 0.6) is 0 Å². The largest absolute Gasteiger partial charge is 0.325 e. The molecule has 1 aromatic rings. The van der Waals surface area contributed by atoms with Crippen molar-refractivity contribution < 1.29 is 4.79 Å². The molecule has 1 aliphatic carbocycles. The molecule has 1 aliphatic rings. The normalized spacial score (nSPS) is 16.5. The number of nitrogens with zero attached hydrogens (tertiary/aromatic N) is 1. The molecule has 0 spiro atoms. The number of hydrogen-bond acceptors (Lipinski definition) is 2. The van der Waals surface area contributed by atoms with Gasteiger partial charge in [0.25, 0.3) is 0 Å². The summed E-state index contributed by atoms with van der Waals surface area (Å²) in [6, 6.07) is 8.08. The maximum atomic E-state index is 12.1. The maximum Gasteiger partial charge on any atom is 0.244 e. The average molecular weight is 242 g/mol. The fraction of sp³-hybridized carbons (Fsp3) is 0.467. The standard InChI is InChI=1S/C15H18N2O/c1-3-12-5-6-13(9-11(12)2)17-14(18)15(10-16)7-4-8-15/h5-6,9H,3-4,7-8H2,1-2H3,(H,17,18). The Morgan fingerprint density at radius 2 is 2.22 bits per heavy atom. The molecule has 0 aliphatic heterocycles. The first kappa shape index (κ1) is 12.6. The zero-order chi connectivity index (χ0) is 13.2. The second-order valence-corrected chi connectivity index (χ2v) is 5.00. The molecule has 0 aromatic heterocycles. The van der Waals surface area contributed by atoms with Crippen LogP contribution in [0.15, 0.2) is 18.2 Å². The molecule has 94 valence electrons. The summed E-state index contributed by atoms with van der Waals surface area (Å²) in [7, 11) is 0. The smallest absolute Gasteiger partial charge is 0.244 e. The Morgan fingerprint density at radius 1 is 1.50 bits per heavy atom. The molecular weight excluding hydrogens is 224 g/mol. The van der Waals surface area contributed by atoms with Crippen molar-refractivity contribution in [3.63, 3.8) is 0 Å². The van der Waals surface area contributed by atoms with E-state index in [1.54, 1.807) is 0 Å². The molecule has 3 nitrogen and oxygen atoms in total. The lowest BCUT2D eigenvalue weighted by Crippen LogP contribution is -2.40. The quantitative estimate of drug-likeness (QED) is 0.885. The lowest BCUT2D eigenvalue weighted by molar-refractivity contribution is -0.126. The van der Waals surface area contributed by atoms with Crippen LogP contribution in [0.2, 0.25) is 0 Å². The molecule has 0 bridgehead atoms. The predicted molar refractivity (Wildman–Crippen MR) is 71.1 cm³/mol. The third-order valence-corrected chi connectivity index (χ3v) is 3.84. The van der Waals surface area contributed by atoms with Crippen LogP contribution >= 0.6 is 0 Å². The van der Waals surface area contributed by atoms with E-state index >= 15 is 0 Å². The number of nitriles is 1. The molecule has 3 heteroatoms. The van der Waals surface area contributed by atoms with Gasteiger partial charge >= 0.3 is 0 Å². The zero-order valence-electron chi connectivity index (χ0n) is 10.9. The first-order valence-corrected chi connectivity index (χ1v) is 6.43. The molecule has 0 atom stereocenters. The summed E-state index contributed by atoms with van der Waals surface area (Å²) < 4.78 is 0. The van der Waals surface area contributed by atoms with Gasteiger partial charge in [-0.05, 0) is 55.9 Å². The van der Waals surface area contributed by atoms with Gasteiger partial charge in [-0.2, -0.15) is 5.26 Å². The number of benzene rings is 1. The molecule has 1 amide bonds. The maximum absolute atomic E-state index is 12.1. The summed E-state index contributed by atoms with van der Waals surface area (Å²) >= 11 is 0. The van der Waals surface area contributed by atoms with E-state index in [1.807, 2.05) is 25.1 Å². The van der Waals surface area contributed by atoms with Crippen molar-refractivity contribution in [3.8, 4) is 6.07 Å². The Hall–Kier alpha value is -1.82. The van der Waals surface area contributed by atoms with Crippen LogP contribution in [0.4, 0.5) is 5.69 Å². The van der Waals surface area contributed by atoms with E-state index in [-0.39, 0.29) is 5.91 Å². The van der Waals surface area contributed by atoms with Crippen LogP contribution < -0.4 is 5.32 Å². The Labute approximate surface area is 108 Å². The number of rotatable bonds is 3. The Morgan fingerprint density at radius 3 is 2.67 bits per heavy atom. The fourth-order valence-electron chi connectivity index (χ4n) is 2.34. The molecule has 1 saturated carbocycles. The van der Waals surface area contributed by atoms with Crippen LogP contribution in [0.25, 0.3) is 0 Å². The Balaban J connectivity index is 2.13. The van der Waals surface area contributed by atoms with E-state index in [0.29, 0.717) is 12.8 Å². The van der Waals surface area contributed by atoms with E-state index in [1.165, 1.54) is 11.1 Å². The van der Waals surface area contributed by atoms with E-state index in [9.17, 15) is 4.79 Å². The van der Waals surface area contributed by atoms with E-state index < -0.39 is 5.41 Å². The zero-order valence-corrected chi connectivity index (χ0v) is 10.9. The molecule has 1 aromatic carbocycles. The van der Waals surface area contributed by atoms with Crippen LogP contribution in [-0.4, -0.2) is 5.91 Å². The van der Waals surface area contributed by atoms with Crippen LogP contribution in [0, 0.1) is 23.7 Å². The van der Waals surface area contributed by atoms with E-state index in [4.69, 9.17) is 5.26 Å². The molecule has 0 unspecified atom stereocenters. The van der Waals surface area contributed by atoms with Gasteiger partial charge in [0, 0.05) is 5.69 Å². The summed E-state index contributed by atoms with van der Waals surface area (Å²) in [6.45, 7) is 4.15. The van der Waals surface area contributed by atoms with Crippen molar-refractivity contribution in [1.82, 2.24) is 0 Å². The van der Waals surface area contributed by atoms with Gasteiger partial charge in [0.15, 0.2) is 0 Å². The van der Waals surface area contributed by atoms with Crippen molar-refractivity contribution in [3.05, 3.63) is 29.3 Å². The van der Waals surface area contributed by atoms with Crippen LogP contribution in [0.1, 0.15) is 37.3 Å². The van der Waals surface area contributed by atoms with Crippen molar-refractivity contribution >= 4 is 11.6 Å². The van der Waals surface area contributed by atoms with Gasteiger partial charge < -0.3 is 5.32 Å². The summed E-state index contributed by atoms with van der Waals surface area (Å²) in [6.07, 6.45) is 3.32. The minimum atomic E-state index is -0.780. The highest BCUT2D eigenvalue weighted by Crippen LogP contribution is 2.41. The van der Waals surface area contributed by atoms with Crippen molar-refractivity contribution in [2.45, 2.75) is 39.5 Å². The van der Waals surface area contributed by atoms with Crippen molar-refractivity contribution in [1.29, 1.82) is 5.26 Å². The predicted octanol–water partition coefficient (Wildman–Crippen LogP) is 3.19. The Bertz CT molecular complexity index is 510. The fourth-order valence-corrected chi connectivity index (χ4v) is 2.34. The van der Waals surface area contributed by atoms with Gasteiger partial charge in [-0.3, -0.25) is 4.79 Å². The van der Waals surface area contributed by atoms with Crippen molar-refractivity contribution in [2.24, 2.45) is 5.41 Å². The number of aryl methyl sites for hydroxylation is 2. The second kappa shape index (κ2) is 4.81. The summed E-state index contributed by atoms with van der Waals surface area (Å²) in [5.74, 6) is -0.153. The monoisotopic (exact) mass is 242 g/mol. The first-order valence-electron chi connectivity index (χ1n) is 6.43. The highest BCUT2D eigenvalue weighted by molar-refractivity contribution is 5.97. The summed E-state index contributed by atoms with van der Waals surface area (Å²) in [5.41, 5.74) is 2.47. The van der Waals surface area contributed by atoms with Crippen molar-refractivity contribution in [2.75, 3.05) is 5.32 Å². The average Bonchev–Trinajstić information content (AvgIpc) is 2.28. The number of carbonyl (C=O) groups is 1. The molecule has 0 heterocycles. The van der Waals surface area contributed by atoms with Crippen LogP contribution in [-0.2, 0) is 11.2 Å². The summed E-state index contributed by atoms with van der Waals surface area (Å²) in [5, 5.41) is 12.0. The number of anilines is 1. The first-order chi connectivity index (χ1) is 8.61. The molecular formula is C15H18N2O. The molecule has 0 saturated heterocycles. The van der Waals surface area contributed by atoms with E-state index in [2.05, 4.69) is 18.3 Å². The lowest BCUT2D eigenvalue weighted by Gasteiger charge is -2.33. The van der Waals surface area contributed by atoms with Gasteiger partial charge in [0.2, 0.25) is 5.91 Å². The molecule has 1 fully saturated rings. The third kappa shape index (κ3) is 2.11. The number of amides is 1. The minimum Gasteiger partial charge on any atom is -0.325 e. The van der Waals surface area contributed by atoms with Gasteiger partial charge in [-0.1, -0.05) is 13.0 Å². The lowest BCUT2D eigenvalue weighted by atomic mass is 9.69. The molecule has 0 radical (unpaired) electrons. The number of hydrogen-bond donors (Lipinski definition) is 1. The molecule has 18 heavy (non-hydrogen) atoms. The van der Waals surface area contributed by atoms with Gasteiger partial charge in [-0.25, -0.2) is 0 Å². The topological polar surface area (TPSA) is 52.9 Å². The van der Waals surface area contributed by atoms with Crippen LogP contribution in [0.3, 0.4) is 0 Å². The minimum absolute atomic E-state index is 0.153. The highest BCUT2D eigenvalue weighted by atomic mass is 16.2. The molecule has 1 N–H and O–H groups in total. The number of carbonyl (C=O) groups excluding carboxylic acids is 1. The third-order valence-electron chi connectivity index (χ3n) is 3.84.